The molecule has 5 heteroatoms. The van der Waals surface area contributed by atoms with E-state index in [0.717, 1.165) is 4.47 Å². The van der Waals surface area contributed by atoms with Crippen molar-refractivity contribution in [2.75, 3.05) is 11.4 Å². The van der Waals surface area contributed by atoms with Gasteiger partial charge in [-0.25, -0.2) is 0 Å². The summed E-state index contributed by atoms with van der Waals surface area (Å²) >= 11 is 9.36. The Hall–Kier alpha value is -0.870. The SMILES string of the molecule is O=C1CCN(c2cc(Br)ccc2Cl)C(=O)C1. The fourth-order valence-corrected chi connectivity index (χ4v) is 2.23. The fourth-order valence-electron chi connectivity index (χ4n) is 1.66. The summed E-state index contributed by atoms with van der Waals surface area (Å²) in [5.41, 5.74) is 0.661. The lowest BCUT2D eigenvalue weighted by atomic mass is 10.1. The van der Waals surface area contributed by atoms with Gasteiger partial charge in [0.05, 0.1) is 17.1 Å². The van der Waals surface area contributed by atoms with Crippen molar-refractivity contribution < 1.29 is 9.59 Å². The zero-order chi connectivity index (χ0) is 11.7. The van der Waals surface area contributed by atoms with Gasteiger partial charge in [-0.1, -0.05) is 27.5 Å². The molecule has 0 unspecified atom stereocenters. The van der Waals surface area contributed by atoms with Gasteiger partial charge in [0.2, 0.25) is 5.91 Å². The Morgan fingerprint density at radius 3 is 2.75 bits per heavy atom. The maximum Gasteiger partial charge on any atom is 0.234 e. The van der Waals surface area contributed by atoms with Crippen molar-refractivity contribution in [3.05, 3.63) is 27.7 Å². The molecule has 0 saturated carbocycles. The van der Waals surface area contributed by atoms with E-state index in [9.17, 15) is 9.59 Å². The highest BCUT2D eigenvalue weighted by Crippen LogP contribution is 2.31. The minimum atomic E-state index is -0.184. The topological polar surface area (TPSA) is 37.4 Å². The van der Waals surface area contributed by atoms with Crippen LogP contribution >= 0.6 is 27.5 Å². The minimum Gasteiger partial charge on any atom is -0.310 e. The van der Waals surface area contributed by atoms with E-state index in [4.69, 9.17) is 11.6 Å². The first-order chi connectivity index (χ1) is 7.58. The van der Waals surface area contributed by atoms with Crippen LogP contribution in [0, 0.1) is 0 Å². The van der Waals surface area contributed by atoms with Gasteiger partial charge in [-0.3, -0.25) is 9.59 Å². The molecule has 16 heavy (non-hydrogen) atoms. The number of hydrogen-bond acceptors (Lipinski definition) is 2. The molecule has 0 aromatic heterocycles. The van der Waals surface area contributed by atoms with Crippen molar-refractivity contribution in [1.29, 1.82) is 0 Å². The third kappa shape index (κ3) is 2.28. The van der Waals surface area contributed by atoms with E-state index in [0.29, 0.717) is 23.7 Å². The number of benzene rings is 1. The Bertz CT molecular complexity index is 461. The number of amides is 1. The largest absolute Gasteiger partial charge is 0.310 e. The molecule has 0 atom stereocenters. The summed E-state index contributed by atoms with van der Waals surface area (Å²) in [7, 11) is 0. The number of ketones is 1. The number of piperidine rings is 1. The van der Waals surface area contributed by atoms with Crippen molar-refractivity contribution in [2.24, 2.45) is 0 Å². The summed E-state index contributed by atoms with van der Waals surface area (Å²) in [5, 5.41) is 0.519. The molecule has 1 aromatic carbocycles. The van der Waals surface area contributed by atoms with E-state index in [2.05, 4.69) is 15.9 Å². The number of carbonyl (C=O) groups excluding carboxylic acids is 2. The van der Waals surface area contributed by atoms with Crippen LogP contribution in [0.2, 0.25) is 5.02 Å². The van der Waals surface area contributed by atoms with Crippen LogP contribution in [-0.2, 0) is 9.59 Å². The maximum atomic E-state index is 11.7. The number of rotatable bonds is 1. The van der Waals surface area contributed by atoms with Gasteiger partial charge < -0.3 is 4.90 Å². The van der Waals surface area contributed by atoms with E-state index in [-0.39, 0.29) is 18.1 Å². The lowest BCUT2D eigenvalue weighted by Gasteiger charge is -2.27. The molecule has 0 bridgehead atoms. The fraction of sp³-hybridized carbons (Fsp3) is 0.273. The van der Waals surface area contributed by atoms with Crippen LogP contribution in [0.25, 0.3) is 0 Å². The highest BCUT2D eigenvalue weighted by molar-refractivity contribution is 9.10. The number of Topliss-reactive ketones (excluding diaryl/α,β-unsaturated/α-hetero) is 1. The molecule has 1 heterocycles. The first kappa shape index (κ1) is 11.6. The van der Waals surface area contributed by atoms with Crippen molar-refractivity contribution in [2.45, 2.75) is 12.8 Å². The van der Waals surface area contributed by atoms with Gasteiger partial charge in [-0.05, 0) is 18.2 Å². The molecular weight excluding hydrogens is 293 g/mol. The Morgan fingerprint density at radius 1 is 1.31 bits per heavy atom. The smallest absolute Gasteiger partial charge is 0.234 e. The zero-order valence-corrected chi connectivity index (χ0v) is 10.7. The van der Waals surface area contributed by atoms with Gasteiger partial charge in [0.1, 0.15) is 5.78 Å². The van der Waals surface area contributed by atoms with Crippen LogP contribution in [0.5, 0.6) is 0 Å². The summed E-state index contributed by atoms with van der Waals surface area (Å²) in [4.78, 5) is 24.4. The third-order valence-corrected chi connectivity index (χ3v) is 3.28. The second kappa shape index (κ2) is 4.55. The van der Waals surface area contributed by atoms with Gasteiger partial charge in [0, 0.05) is 17.4 Å². The van der Waals surface area contributed by atoms with Crippen molar-refractivity contribution in [3.8, 4) is 0 Å². The Morgan fingerprint density at radius 2 is 2.06 bits per heavy atom. The number of anilines is 1. The molecule has 1 aliphatic heterocycles. The highest BCUT2D eigenvalue weighted by Gasteiger charge is 2.26. The molecule has 1 amide bonds. The van der Waals surface area contributed by atoms with Gasteiger partial charge in [0.15, 0.2) is 0 Å². The van der Waals surface area contributed by atoms with E-state index < -0.39 is 0 Å². The van der Waals surface area contributed by atoms with Crippen LogP contribution in [0.4, 0.5) is 5.69 Å². The zero-order valence-electron chi connectivity index (χ0n) is 8.37. The quantitative estimate of drug-likeness (QED) is 0.748. The van der Waals surface area contributed by atoms with Gasteiger partial charge in [-0.15, -0.1) is 0 Å². The lowest BCUT2D eigenvalue weighted by Crippen LogP contribution is -2.39. The summed E-state index contributed by atoms with van der Waals surface area (Å²) < 4.78 is 0.858. The molecule has 84 valence electrons. The van der Waals surface area contributed by atoms with E-state index in [1.807, 2.05) is 6.07 Å². The van der Waals surface area contributed by atoms with Crippen LogP contribution < -0.4 is 4.90 Å². The number of nitrogens with zero attached hydrogens (tertiary/aromatic N) is 1. The van der Waals surface area contributed by atoms with E-state index >= 15 is 0 Å². The van der Waals surface area contributed by atoms with Gasteiger partial charge in [0.25, 0.3) is 0 Å². The van der Waals surface area contributed by atoms with Gasteiger partial charge >= 0.3 is 0 Å². The molecule has 1 fully saturated rings. The highest BCUT2D eigenvalue weighted by atomic mass is 79.9. The average molecular weight is 303 g/mol. The maximum absolute atomic E-state index is 11.7. The molecule has 0 radical (unpaired) electrons. The summed E-state index contributed by atoms with van der Waals surface area (Å²) in [5.74, 6) is -0.191. The first-order valence-electron chi connectivity index (χ1n) is 4.85. The number of halogens is 2. The molecule has 1 aromatic rings. The molecule has 1 aliphatic rings. The molecule has 0 aliphatic carbocycles. The van der Waals surface area contributed by atoms with Crippen LogP contribution in [0.3, 0.4) is 0 Å². The van der Waals surface area contributed by atoms with Crippen molar-refractivity contribution in [3.63, 3.8) is 0 Å². The van der Waals surface area contributed by atoms with Crippen LogP contribution in [-0.4, -0.2) is 18.2 Å². The van der Waals surface area contributed by atoms with Gasteiger partial charge in [-0.2, -0.15) is 0 Å². The normalized spacial score (nSPS) is 16.8. The van der Waals surface area contributed by atoms with E-state index in [1.54, 1.807) is 17.0 Å². The van der Waals surface area contributed by atoms with Crippen molar-refractivity contribution >= 4 is 44.9 Å². The third-order valence-electron chi connectivity index (χ3n) is 2.46. The number of carbonyl (C=O) groups is 2. The molecule has 0 spiro atoms. The predicted octanol–water partition coefficient (Wildman–Crippen LogP) is 2.80. The Balaban J connectivity index is 2.33. The monoisotopic (exact) mass is 301 g/mol. The summed E-state index contributed by atoms with van der Waals surface area (Å²) in [6, 6.07) is 5.33. The first-order valence-corrected chi connectivity index (χ1v) is 6.02. The second-order valence-corrected chi connectivity index (χ2v) is 4.93. The standard InChI is InChI=1S/C11H9BrClNO2/c12-7-1-2-9(13)10(5-7)14-4-3-8(15)6-11(14)16/h1-2,5H,3-4,6H2. The Labute approximate surface area is 107 Å². The Kier molecular flexibility index (Phi) is 3.30. The summed E-state index contributed by atoms with van der Waals surface area (Å²) in [6.45, 7) is 0.411. The molecule has 1 saturated heterocycles. The second-order valence-electron chi connectivity index (χ2n) is 3.61. The summed E-state index contributed by atoms with van der Waals surface area (Å²) in [6.07, 6.45) is 0.372. The van der Waals surface area contributed by atoms with Crippen LogP contribution in [0.15, 0.2) is 22.7 Å². The predicted molar refractivity (Wildman–Crippen MR) is 65.7 cm³/mol. The van der Waals surface area contributed by atoms with E-state index in [1.165, 1.54) is 0 Å². The number of hydrogen-bond donors (Lipinski definition) is 0. The average Bonchev–Trinajstić information content (AvgIpc) is 2.22. The minimum absolute atomic E-state index is 0.00707. The molecule has 0 N–H and O–H groups in total. The lowest BCUT2D eigenvalue weighted by molar-refractivity contribution is -0.128. The van der Waals surface area contributed by atoms with Crippen LogP contribution in [0.1, 0.15) is 12.8 Å². The molecular formula is C11H9BrClNO2. The van der Waals surface area contributed by atoms with Crippen molar-refractivity contribution in [1.82, 2.24) is 0 Å². The molecule has 2 rings (SSSR count). The molecule has 3 nitrogen and oxygen atoms in total.